The smallest absolute Gasteiger partial charge is 0.252 e. The predicted molar refractivity (Wildman–Crippen MR) is 88.8 cm³/mol. The molecule has 2 atom stereocenters. The van der Waals surface area contributed by atoms with Gasteiger partial charge in [-0.2, -0.15) is 0 Å². The Bertz CT molecular complexity index is 453. The highest BCUT2D eigenvalue weighted by atomic mass is 127. The van der Waals surface area contributed by atoms with Crippen molar-refractivity contribution in [1.82, 2.24) is 5.32 Å². The lowest BCUT2D eigenvalue weighted by molar-refractivity contribution is 0.0928. The largest absolute Gasteiger partial charge is 0.349 e. The van der Waals surface area contributed by atoms with Crippen molar-refractivity contribution in [1.29, 1.82) is 0 Å². The molecule has 1 aromatic rings. The van der Waals surface area contributed by atoms with Crippen LogP contribution in [0.25, 0.3) is 0 Å². The molecule has 0 heterocycles. The van der Waals surface area contributed by atoms with E-state index in [1.807, 2.05) is 25.1 Å². The first kappa shape index (κ1) is 16.7. The number of benzene rings is 1. The van der Waals surface area contributed by atoms with Gasteiger partial charge < -0.3 is 11.1 Å². The van der Waals surface area contributed by atoms with Crippen LogP contribution < -0.4 is 11.1 Å². The minimum atomic E-state index is 0. The molecular weight excluding hydrogens is 375 g/mol. The van der Waals surface area contributed by atoms with Gasteiger partial charge in [-0.15, -0.1) is 12.4 Å². The molecule has 1 aromatic carbocycles. The van der Waals surface area contributed by atoms with E-state index >= 15 is 0 Å². The molecule has 1 fully saturated rings. The van der Waals surface area contributed by atoms with E-state index in [4.69, 9.17) is 5.73 Å². The Hall–Kier alpha value is -0.330. The van der Waals surface area contributed by atoms with Gasteiger partial charge in [-0.05, 0) is 66.4 Å². The predicted octanol–water partition coefficient (Wildman–Crippen LogP) is 2.88. The second kappa shape index (κ2) is 7.45. The van der Waals surface area contributed by atoms with Crippen LogP contribution in [0.4, 0.5) is 0 Å². The molecule has 5 heteroatoms. The number of carbonyl (C=O) groups is 1. The third-order valence-electron chi connectivity index (χ3n) is 3.71. The minimum absolute atomic E-state index is 0. The molecule has 3 N–H and O–H groups in total. The zero-order valence-corrected chi connectivity index (χ0v) is 14.0. The van der Waals surface area contributed by atoms with Gasteiger partial charge in [-0.3, -0.25) is 4.79 Å². The molecule has 0 radical (unpaired) electrons. The molecule has 1 aliphatic rings. The zero-order chi connectivity index (χ0) is 13.1. The van der Waals surface area contributed by atoms with Crippen LogP contribution in [0.2, 0.25) is 0 Å². The van der Waals surface area contributed by atoms with E-state index in [1.54, 1.807) is 0 Å². The van der Waals surface area contributed by atoms with Crippen LogP contribution in [0.3, 0.4) is 0 Å². The van der Waals surface area contributed by atoms with Gasteiger partial charge in [0.2, 0.25) is 0 Å². The van der Waals surface area contributed by atoms with Crippen LogP contribution >= 0.6 is 35.0 Å². The van der Waals surface area contributed by atoms with E-state index in [0.29, 0.717) is 12.5 Å². The van der Waals surface area contributed by atoms with E-state index in [1.165, 1.54) is 0 Å². The van der Waals surface area contributed by atoms with Crippen molar-refractivity contribution in [3.63, 3.8) is 0 Å². The summed E-state index contributed by atoms with van der Waals surface area (Å²) in [5, 5.41) is 3.14. The zero-order valence-electron chi connectivity index (χ0n) is 11.0. The molecule has 1 amide bonds. The Morgan fingerprint density at radius 3 is 2.89 bits per heavy atom. The lowest BCUT2D eigenvalue weighted by Crippen LogP contribution is -2.40. The molecular formula is C14H20ClIN2O. The Labute approximate surface area is 134 Å². The maximum Gasteiger partial charge on any atom is 0.252 e. The normalized spacial score (nSPS) is 21.8. The summed E-state index contributed by atoms with van der Waals surface area (Å²) in [6.07, 6.45) is 3.35. The third-order valence-corrected chi connectivity index (χ3v) is 5.15. The van der Waals surface area contributed by atoms with Crippen molar-refractivity contribution in [2.24, 2.45) is 11.7 Å². The van der Waals surface area contributed by atoms with E-state index in [0.717, 1.165) is 34.0 Å². The SMILES string of the molecule is Cc1cccc(C(=O)NC2CCCC2CN)c1I.Cl. The summed E-state index contributed by atoms with van der Waals surface area (Å²) in [4.78, 5) is 12.3. The van der Waals surface area contributed by atoms with Gasteiger partial charge in [0.1, 0.15) is 0 Å². The number of hydrogen-bond acceptors (Lipinski definition) is 2. The molecule has 3 nitrogen and oxygen atoms in total. The summed E-state index contributed by atoms with van der Waals surface area (Å²) >= 11 is 2.24. The van der Waals surface area contributed by atoms with Crippen LogP contribution in [0.5, 0.6) is 0 Å². The van der Waals surface area contributed by atoms with E-state index in [2.05, 4.69) is 27.9 Å². The first-order chi connectivity index (χ1) is 8.63. The van der Waals surface area contributed by atoms with E-state index in [9.17, 15) is 4.79 Å². The van der Waals surface area contributed by atoms with Crippen molar-refractivity contribution < 1.29 is 4.79 Å². The number of aryl methyl sites for hydroxylation is 1. The van der Waals surface area contributed by atoms with Gasteiger partial charge in [0, 0.05) is 9.61 Å². The lowest BCUT2D eigenvalue weighted by atomic mass is 10.0. The Morgan fingerprint density at radius 1 is 1.47 bits per heavy atom. The molecule has 2 rings (SSSR count). The Balaban J connectivity index is 0.00000180. The molecule has 0 aliphatic heterocycles. The maximum atomic E-state index is 12.3. The molecule has 106 valence electrons. The molecule has 2 unspecified atom stereocenters. The van der Waals surface area contributed by atoms with Gasteiger partial charge in [0.25, 0.3) is 5.91 Å². The number of carbonyl (C=O) groups excluding carboxylic acids is 1. The van der Waals surface area contributed by atoms with Crippen molar-refractivity contribution in [2.75, 3.05) is 6.54 Å². The van der Waals surface area contributed by atoms with E-state index < -0.39 is 0 Å². The first-order valence-corrected chi connectivity index (χ1v) is 7.47. The average Bonchev–Trinajstić information content (AvgIpc) is 2.79. The summed E-state index contributed by atoms with van der Waals surface area (Å²) in [5.41, 5.74) is 7.66. The fourth-order valence-corrected chi connectivity index (χ4v) is 3.18. The third kappa shape index (κ3) is 3.83. The highest BCUT2D eigenvalue weighted by Crippen LogP contribution is 2.25. The number of rotatable bonds is 3. The summed E-state index contributed by atoms with van der Waals surface area (Å²) < 4.78 is 1.04. The molecule has 19 heavy (non-hydrogen) atoms. The lowest BCUT2D eigenvalue weighted by Gasteiger charge is -2.20. The van der Waals surface area contributed by atoms with Gasteiger partial charge in [0.15, 0.2) is 0 Å². The summed E-state index contributed by atoms with van der Waals surface area (Å²) in [6, 6.07) is 6.09. The molecule has 0 spiro atoms. The van der Waals surface area contributed by atoms with Gasteiger partial charge in [0.05, 0.1) is 5.56 Å². The fraction of sp³-hybridized carbons (Fsp3) is 0.500. The quantitative estimate of drug-likeness (QED) is 0.775. The van der Waals surface area contributed by atoms with Gasteiger partial charge in [-0.1, -0.05) is 18.6 Å². The second-order valence-electron chi connectivity index (χ2n) is 4.94. The van der Waals surface area contributed by atoms with Gasteiger partial charge in [-0.25, -0.2) is 0 Å². The van der Waals surface area contributed by atoms with Crippen LogP contribution in [-0.4, -0.2) is 18.5 Å². The maximum absolute atomic E-state index is 12.3. The van der Waals surface area contributed by atoms with Crippen molar-refractivity contribution in [2.45, 2.75) is 32.2 Å². The van der Waals surface area contributed by atoms with Crippen LogP contribution in [0, 0.1) is 16.4 Å². The molecule has 1 saturated carbocycles. The number of hydrogen-bond donors (Lipinski definition) is 2. The second-order valence-corrected chi connectivity index (χ2v) is 6.02. The molecule has 1 aliphatic carbocycles. The molecule has 0 bridgehead atoms. The summed E-state index contributed by atoms with van der Waals surface area (Å²) in [7, 11) is 0. The number of nitrogens with two attached hydrogens (primary N) is 1. The average molecular weight is 395 g/mol. The first-order valence-electron chi connectivity index (χ1n) is 6.39. The highest BCUT2D eigenvalue weighted by Gasteiger charge is 2.28. The fourth-order valence-electron chi connectivity index (χ4n) is 2.58. The number of amides is 1. The van der Waals surface area contributed by atoms with E-state index in [-0.39, 0.29) is 24.4 Å². The van der Waals surface area contributed by atoms with Crippen molar-refractivity contribution in [3.8, 4) is 0 Å². The summed E-state index contributed by atoms with van der Waals surface area (Å²) in [5.74, 6) is 0.477. The van der Waals surface area contributed by atoms with Crippen LogP contribution in [0.15, 0.2) is 18.2 Å². The topological polar surface area (TPSA) is 55.1 Å². The van der Waals surface area contributed by atoms with Gasteiger partial charge >= 0.3 is 0 Å². The number of halogens is 2. The van der Waals surface area contributed by atoms with Crippen molar-refractivity contribution in [3.05, 3.63) is 32.9 Å². The minimum Gasteiger partial charge on any atom is -0.349 e. The van der Waals surface area contributed by atoms with Crippen LogP contribution in [0.1, 0.15) is 35.2 Å². The standard InChI is InChI=1S/C14H19IN2O.ClH/c1-9-4-2-6-11(13(9)15)14(18)17-12-7-3-5-10(12)8-16;/h2,4,6,10,12H,3,5,7-8,16H2,1H3,(H,17,18);1H. The number of nitrogens with one attached hydrogen (secondary N) is 1. The Kier molecular flexibility index (Phi) is 6.56. The molecule has 0 aromatic heterocycles. The highest BCUT2D eigenvalue weighted by molar-refractivity contribution is 14.1. The van der Waals surface area contributed by atoms with Crippen LogP contribution in [-0.2, 0) is 0 Å². The summed E-state index contributed by atoms with van der Waals surface area (Å²) in [6.45, 7) is 2.69. The monoisotopic (exact) mass is 394 g/mol. The van der Waals surface area contributed by atoms with Crippen molar-refractivity contribution >= 4 is 40.9 Å². The molecule has 0 saturated heterocycles. The Morgan fingerprint density at radius 2 is 2.21 bits per heavy atom.